The number of benzene rings is 3. The largest absolute Gasteiger partial charge is 0.490 e. The smallest absolute Gasteiger partial charge is 0.243 e. The monoisotopic (exact) mass is 404 g/mol. The van der Waals surface area contributed by atoms with Gasteiger partial charge in [-0.3, -0.25) is 4.79 Å². The van der Waals surface area contributed by atoms with E-state index >= 15 is 0 Å². The van der Waals surface area contributed by atoms with Gasteiger partial charge in [-0.1, -0.05) is 42.0 Å². The fourth-order valence-electron chi connectivity index (χ4n) is 3.33. The number of ether oxygens (including phenoxy) is 2. The number of carbonyl (C=O) groups excluding carboxylic acids is 1. The minimum absolute atomic E-state index is 0.112. The Balaban J connectivity index is 1.47. The molecular formula is C25H28N2O3. The van der Waals surface area contributed by atoms with Crippen LogP contribution in [-0.2, 0) is 4.79 Å². The molecule has 30 heavy (non-hydrogen) atoms. The average Bonchev–Trinajstić information content (AvgIpc) is 2.71. The Morgan fingerprint density at radius 3 is 2.13 bits per heavy atom. The molecule has 0 radical (unpaired) electrons. The summed E-state index contributed by atoms with van der Waals surface area (Å²) in [4.78, 5) is 12.4. The molecule has 5 nitrogen and oxygen atoms in total. The van der Waals surface area contributed by atoms with Gasteiger partial charge in [0.1, 0.15) is 24.7 Å². The number of hydrogen-bond donors (Lipinski definition) is 2. The lowest BCUT2D eigenvalue weighted by atomic mass is 10.1. The van der Waals surface area contributed by atoms with Gasteiger partial charge in [-0.25, -0.2) is 0 Å². The molecule has 1 amide bonds. The first-order valence-electron chi connectivity index (χ1n) is 10.0. The fourth-order valence-corrected chi connectivity index (χ4v) is 3.33. The van der Waals surface area contributed by atoms with Gasteiger partial charge in [-0.2, -0.15) is 0 Å². The highest BCUT2D eigenvalue weighted by molar-refractivity contribution is 5.94. The number of nitrogens with one attached hydrogen (secondary N) is 2. The van der Waals surface area contributed by atoms with Crippen molar-refractivity contribution < 1.29 is 14.3 Å². The van der Waals surface area contributed by atoms with E-state index in [0.29, 0.717) is 24.7 Å². The molecule has 0 saturated carbocycles. The highest BCUT2D eigenvalue weighted by Gasteiger charge is 2.07. The minimum atomic E-state index is -0.112. The molecule has 0 spiro atoms. The zero-order valence-corrected chi connectivity index (χ0v) is 17.7. The molecule has 0 aliphatic carbocycles. The van der Waals surface area contributed by atoms with Crippen molar-refractivity contribution >= 4 is 17.3 Å². The number of aryl methyl sites for hydroxylation is 3. The molecular weight excluding hydrogens is 376 g/mol. The quantitative estimate of drug-likeness (QED) is 0.486. The summed E-state index contributed by atoms with van der Waals surface area (Å²) in [7, 11) is 0. The van der Waals surface area contributed by atoms with E-state index in [2.05, 4.69) is 29.7 Å². The van der Waals surface area contributed by atoms with Crippen molar-refractivity contribution in [3.63, 3.8) is 0 Å². The Hall–Kier alpha value is -3.47. The summed E-state index contributed by atoms with van der Waals surface area (Å²) in [6.45, 7) is 7.21. The van der Waals surface area contributed by atoms with Gasteiger partial charge in [0, 0.05) is 17.4 Å². The van der Waals surface area contributed by atoms with E-state index in [0.717, 1.165) is 22.6 Å². The van der Waals surface area contributed by atoms with E-state index < -0.39 is 0 Å². The van der Waals surface area contributed by atoms with Crippen molar-refractivity contribution in [2.24, 2.45) is 0 Å². The third kappa shape index (κ3) is 6.27. The van der Waals surface area contributed by atoms with Crippen molar-refractivity contribution in [3.8, 4) is 11.5 Å². The second-order valence-corrected chi connectivity index (χ2v) is 7.21. The third-order valence-corrected chi connectivity index (χ3v) is 4.58. The van der Waals surface area contributed by atoms with Gasteiger partial charge in [-0.05, 0) is 56.2 Å². The fraction of sp³-hybridized carbons (Fsp3) is 0.240. The van der Waals surface area contributed by atoms with Crippen LogP contribution in [0.15, 0.2) is 66.7 Å². The summed E-state index contributed by atoms with van der Waals surface area (Å²) in [6, 6.07) is 21.2. The van der Waals surface area contributed by atoms with E-state index in [4.69, 9.17) is 9.47 Å². The van der Waals surface area contributed by atoms with Gasteiger partial charge in [0.15, 0.2) is 0 Å². The lowest BCUT2D eigenvalue weighted by Crippen LogP contribution is -2.22. The maximum atomic E-state index is 12.4. The standard InChI is InChI=1S/C25H28N2O3/c1-18-14-19(2)25(20(3)15-18)26-17-24(28)27-21-8-7-11-23(16-21)30-13-12-29-22-9-5-4-6-10-22/h4-11,14-16,26H,12-13,17H2,1-3H3,(H,27,28). The zero-order valence-electron chi connectivity index (χ0n) is 17.7. The van der Waals surface area contributed by atoms with E-state index in [-0.39, 0.29) is 12.5 Å². The molecule has 5 heteroatoms. The van der Waals surface area contributed by atoms with Gasteiger partial charge in [0.05, 0.1) is 6.54 Å². The molecule has 0 atom stereocenters. The van der Waals surface area contributed by atoms with Crippen molar-refractivity contribution in [2.75, 3.05) is 30.4 Å². The van der Waals surface area contributed by atoms with Crippen LogP contribution < -0.4 is 20.1 Å². The number of carbonyl (C=O) groups is 1. The van der Waals surface area contributed by atoms with Gasteiger partial charge >= 0.3 is 0 Å². The van der Waals surface area contributed by atoms with Crippen LogP contribution in [0.25, 0.3) is 0 Å². The number of rotatable bonds is 9. The van der Waals surface area contributed by atoms with Crippen molar-refractivity contribution in [1.29, 1.82) is 0 Å². The van der Waals surface area contributed by atoms with Crippen LogP contribution in [0.1, 0.15) is 16.7 Å². The van der Waals surface area contributed by atoms with E-state index in [1.807, 2.05) is 68.4 Å². The lowest BCUT2D eigenvalue weighted by Gasteiger charge is -2.14. The lowest BCUT2D eigenvalue weighted by molar-refractivity contribution is -0.114. The maximum absolute atomic E-state index is 12.4. The molecule has 0 bridgehead atoms. The Kier molecular flexibility index (Phi) is 7.33. The number of amides is 1. The van der Waals surface area contributed by atoms with Gasteiger partial charge in [0.2, 0.25) is 5.91 Å². The molecule has 2 N–H and O–H groups in total. The number of anilines is 2. The second-order valence-electron chi connectivity index (χ2n) is 7.21. The first kappa shape index (κ1) is 21.2. The van der Waals surface area contributed by atoms with Crippen molar-refractivity contribution in [1.82, 2.24) is 0 Å². The van der Waals surface area contributed by atoms with Crippen molar-refractivity contribution in [2.45, 2.75) is 20.8 Å². The summed E-state index contributed by atoms with van der Waals surface area (Å²) < 4.78 is 11.4. The van der Waals surface area contributed by atoms with Crippen LogP contribution in [0.4, 0.5) is 11.4 Å². The molecule has 3 rings (SSSR count). The Labute approximate surface area is 178 Å². The molecule has 0 fully saturated rings. The van der Waals surface area contributed by atoms with Gasteiger partial charge < -0.3 is 20.1 Å². The SMILES string of the molecule is Cc1cc(C)c(NCC(=O)Nc2cccc(OCCOc3ccccc3)c2)c(C)c1. The third-order valence-electron chi connectivity index (χ3n) is 4.58. The Bertz CT molecular complexity index is 964. The summed E-state index contributed by atoms with van der Waals surface area (Å²) in [5.74, 6) is 1.38. The Morgan fingerprint density at radius 1 is 0.800 bits per heavy atom. The highest BCUT2D eigenvalue weighted by atomic mass is 16.5. The van der Waals surface area contributed by atoms with E-state index in [1.54, 1.807) is 0 Å². The summed E-state index contributed by atoms with van der Waals surface area (Å²) in [5.41, 5.74) is 5.18. The van der Waals surface area contributed by atoms with Crippen LogP contribution in [0, 0.1) is 20.8 Å². The zero-order chi connectivity index (χ0) is 21.3. The Morgan fingerprint density at radius 2 is 1.43 bits per heavy atom. The van der Waals surface area contributed by atoms with Crippen molar-refractivity contribution in [3.05, 3.63) is 83.4 Å². The molecule has 0 saturated heterocycles. The van der Waals surface area contributed by atoms with Gasteiger partial charge in [0.25, 0.3) is 0 Å². The average molecular weight is 405 g/mol. The molecule has 0 aliphatic rings. The normalized spacial score (nSPS) is 10.4. The highest BCUT2D eigenvalue weighted by Crippen LogP contribution is 2.22. The van der Waals surface area contributed by atoms with E-state index in [9.17, 15) is 4.79 Å². The molecule has 3 aromatic carbocycles. The molecule has 156 valence electrons. The topological polar surface area (TPSA) is 59.6 Å². The predicted molar refractivity (Wildman–Crippen MR) is 122 cm³/mol. The molecule has 0 aliphatic heterocycles. The second kappa shape index (κ2) is 10.3. The van der Waals surface area contributed by atoms with Crippen LogP contribution in [0.3, 0.4) is 0 Å². The van der Waals surface area contributed by atoms with Crippen LogP contribution >= 0.6 is 0 Å². The first-order valence-corrected chi connectivity index (χ1v) is 10.0. The molecule has 0 heterocycles. The van der Waals surface area contributed by atoms with Crippen LogP contribution in [0.5, 0.6) is 11.5 Å². The molecule has 0 aromatic heterocycles. The molecule has 3 aromatic rings. The number of hydrogen-bond acceptors (Lipinski definition) is 4. The summed E-state index contributed by atoms with van der Waals surface area (Å²) >= 11 is 0. The van der Waals surface area contributed by atoms with E-state index in [1.165, 1.54) is 5.56 Å². The molecule has 0 unspecified atom stereocenters. The minimum Gasteiger partial charge on any atom is -0.490 e. The number of para-hydroxylation sites is 1. The first-order chi connectivity index (χ1) is 14.5. The summed E-state index contributed by atoms with van der Waals surface area (Å²) in [5, 5.41) is 6.15. The predicted octanol–water partition coefficient (Wildman–Crippen LogP) is 5.12. The van der Waals surface area contributed by atoms with Crippen LogP contribution in [0.2, 0.25) is 0 Å². The summed E-state index contributed by atoms with van der Waals surface area (Å²) in [6.07, 6.45) is 0. The van der Waals surface area contributed by atoms with Crippen LogP contribution in [-0.4, -0.2) is 25.7 Å². The maximum Gasteiger partial charge on any atom is 0.243 e. The van der Waals surface area contributed by atoms with Gasteiger partial charge in [-0.15, -0.1) is 0 Å².